The molecule has 0 amide bonds. The minimum absolute atomic E-state index is 0.159. The fourth-order valence-corrected chi connectivity index (χ4v) is 5.68. The third-order valence-electron chi connectivity index (χ3n) is 6.45. The highest BCUT2D eigenvalue weighted by Crippen LogP contribution is 2.51. The molecule has 27 heavy (non-hydrogen) atoms. The summed E-state index contributed by atoms with van der Waals surface area (Å²) in [5.41, 5.74) is 0.159. The molecular weight excluding hydrogens is 360 g/mol. The smallest absolute Gasteiger partial charge is 0.205 e. The van der Waals surface area contributed by atoms with Gasteiger partial charge in [-0.1, -0.05) is 20.8 Å². The van der Waals surface area contributed by atoms with E-state index < -0.39 is 0 Å². The number of fused-ring (bicyclic) bond motifs is 1. The predicted molar refractivity (Wildman–Crippen MR) is 110 cm³/mol. The number of hydrogen-bond acceptors (Lipinski definition) is 6. The van der Waals surface area contributed by atoms with E-state index in [1.54, 1.807) is 0 Å². The monoisotopic (exact) mass is 392 g/mol. The Labute approximate surface area is 166 Å². The largest absolute Gasteiger partial charge is 0.377 e. The summed E-state index contributed by atoms with van der Waals surface area (Å²) in [7, 11) is 1.90. The van der Waals surface area contributed by atoms with Crippen LogP contribution < -0.4 is 10.2 Å². The molecule has 0 spiro atoms. The Morgan fingerprint density at radius 3 is 2.78 bits per heavy atom. The molecule has 3 unspecified atom stereocenters. The van der Waals surface area contributed by atoms with Crippen LogP contribution in [0.2, 0.25) is 0 Å². The van der Waals surface area contributed by atoms with Gasteiger partial charge in [-0.05, 0) is 12.8 Å². The molecule has 3 heterocycles. The number of ether oxygens (including phenoxy) is 1. The number of anilines is 1. The summed E-state index contributed by atoms with van der Waals surface area (Å²) in [5.74, 6) is 2.59. The second kappa shape index (κ2) is 7.54. The molecule has 0 aromatic carbocycles. The molecule has 1 aromatic rings. The van der Waals surface area contributed by atoms with Gasteiger partial charge in [0.05, 0.1) is 6.10 Å². The zero-order chi connectivity index (χ0) is 19.0. The van der Waals surface area contributed by atoms with Gasteiger partial charge in [0.1, 0.15) is 5.82 Å². The van der Waals surface area contributed by atoms with Gasteiger partial charge in [0.15, 0.2) is 5.96 Å². The molecule has 1 aromatic heterocycles. The van der Waals surface area contributed by atoms with Gasteiger partial charge in [-0.2, -0.15) is 4.37 Å². The minimum atomic E-state index is 0.159. The van der Waals surface area contributed by atoms with Crippen molar-refractivity contribution in [3.05, 3.63) is 5.82 Å². The summed E-state index contributed by atoms with van der Waals surface area (Å²) >= 11 is 1.52. The number of aromatic nitrogens is 2. The molecule has 3 fully saturated rings. The van der Waals surface area contributed by atoms with E-state index in [1.165, 1.54) is 24.4 Å². The van der Waals surface area contributed by atoms with Crippen molar-refractivity contribution in [1.29, 1.82) is 0 Å². The van der Waals surface area contributed by atoms with E-state index >= 15 is 0 Å². The zero-order valence-corrected chi connectivity index (χ0v) is 17.8. The van der Waals surface area contributed by atoms with Gasteiger partial charge in [0.25, 0.3) is 0 Å². The van der Waals surface area contributed by atoms with E-state index in [4.69, 9.17) is 4.74 Å². The maximum Gasteiger partial charge on any atom is 0.205 e. The molecule has 0 radical (unpaired) electrons. The second-order valence-electron chi connectivity index (χ2n) is 8.41. The molecule has 3 aliphatic rings. The maximum atomic E-state index is 6.05. The first-order valence-corrected chi connectivity index (χ1v) is 11.0. The summed E-state index contributed by atoms with van der Waals surface area (Å²) in [4.78, 5) is 14.0. The van der Waals surface area contributed by atoms with Gasteiger partial charge in [-0.3, -0.25) is 4.99 Å². The third kappa shape index (κ3) is 3.42. The average molecular weight is 393 g/mol. The first-order valence-electron chi connectivity index (χ1n) is 10.2. The zero-order valence-electron chi connectivity index (χ0n) is 16.9. The third-order valence-corrected chi connectivity index (χ3v) is 7.27. The average Bonchev–Trinajstić information content (AvgIpc) is 3.18. The molecule has 1 saturated carbocycles. The van der Waals surface area contributed by atoms with Gasteiger partial charge >= 0.3 is 0 Å². The number of aliphatic imine (C=N–C) groups is 1. The lowest BCUT2D eigenvalue weighted by molar-refractivity contribution is -0.188. The Morgan fingerprint density at radius 2 is 2.11 bits per heavy atom. The normalized spacial score (nSPS) is 30.7. The lowest BCUT2D eigenvalue weighted by Gasteiger charge is -2.60. The highest BCUT2D eigenvalue weighted by atomic mass is 32.1. The molecule has 7 nitrogen and oxygen atoms in total. The molecule has 1 N–H and O–H groups in total. The Balaban J connectivity index is 1.35. The van der Waals surface area contributed by atoms with Crippen molar-refractivity contribution in [3.8, 4) is 0 Å². The Hall–Kier alpha value is -1.41. The molecule has 1 aliphatic carbocycles. The van der Waals surface area contributed by atoms with Crippen molar-refractivity contribution < 1.29 is 4.74 Å². The Bertz CT molecular complexity index is 681. The lowest BCUT2D eigenvalue weighted by atomic mass is 9.55. The highest BCUT2D eigenvalue weighted by Gasteiger charge is 2.58. The van der Waals surface area contributed by atoms with Crippen LogP contribution in [0.3, 0.4) is 0 Å². The van der Waals surface area contributed by atoms with E-state index in [1.807, 2.05) is 7.05 Å². The van der Waals surface area contributed by atoms with Crippen molar-refractivity contribution in [3.63, 3.8) is 0 Å². The first-order chi connectivity index (χ1) is 13.0. The van der Waals surface area contributed by atoms with Crippen LogP contribution in [-0.4, -0.2) is 72.2 Å². The van der Waals surface area contributed by atoms with Crippen LogP contribution in [0.15, 0.2) is 4.99 Å². The van der Waals surface area contributed by atoms with Crippen LogP contribution in [0.25, 0.3) is 0 Å². The number of nitrogens with zero attached hydrogens (tertiary/aromatic N) is 5. The van der Waals surface area contributed by atoms with Crippen molar-refractivity contribution in [1.82, 2.24) is 19.6 Å². The number of piperazine rings is 1. The van der Waals surface area contributed by atoms with Crippen molar-refractivity contribution >= 4 is 22.6 Å². The van der Waals surface area contributed by atoms with Crippen molar-refractivity contribution in [2.24, 2.45) is 16.3 Å². The number of nitrogens with one attached hydrogen (secondary N) is 1. The van der Waals surface area contributed by atoms with Gasteiger partial charge < -0.3 is 19.9 Å². The van der Waals surface area contributed by atoms with Gasteiger partial charge in [-0.15, -0.1) is 0 Å². The molecular formula is C19H32N6OS. The maximum absolute atomic E-state index is 6.05. The molecule has 8 heteroatoms. The van der Waals surface area contributed by atoms with Crippen LogP contribution in [0.1, 0.15) is 39.4 Å². The van der Waals surface area contributed by atoms with Gasteiger partial charge in [0, 0.05) is 75.2 Å². The molecule has 2 aliphatic heterocycles. The second-order valence-corrected chi connectivity index (χ2v) is 9.14. The molecule has 0 bridgehead atoms. The number of aryl methyl sites for hydroxylation is 1. The van der Waals surface area contributed by atoms with E-state index in [-0.39, 0.29) is 5.41 Å². The van der Waals surface area contributed by atoms with Gasteiger partial charge in [0.2, 0.25) is 5.13 Å². The summed E-state index contributed by atoms with van der Waals surface area (Å²) in [5, 5.41) is 4.83. The fourth-order valence-electron chi connectivity index (χ4n) is 4.88. The van der Waals surface area contributed by atoms with Crippen molar-refractivity contribution in [2.75, 3.05) is 44.7 Å². The van der Waals surface area contributed by atoms with Crippen LogP contribution in [0, 0.1) is 11.3 Å². The summed E-state index contributed by atoms with van der Waals surface area (Å²) in [6.07, 6.45) is 3.72. The number of guanidine groups is 1. The van der Waals surface area contributed by atoms with Crippen molar-refractivity contribution in [2.45, 2.75) is 52.2 Å². The van der Waals surface area contributed by atoms with E-state index in [2.05, 4.69) is 50.2 Å². The van der Waals surface area contributed by atoms with E-state index in [0.717, 1.165) is 56.1 Å². The standard InChI is InChI=1S/C19H32N6OS/c1-5-14-21-18(27-23-14)25-10-8-24(9-11-25)17(20-4)22-15-13-7-6-12-26-16(13)19(15,2)3/h13,15-16H,5-12H2,1-4H3,(H,20,22). The highest BCUT2D eigenvalue weighted by molar-refractivity contribution is 7.09. The number of hydrogen-bond donors (Lipinski definition) is 1. The quantitative estimate of drug-likeness (QED) is 0.627. The topological polar surface area (TPSA) is 65.9 Å². The van der Waals surface area contributed by atoms with Gasteiger partial charge in [-0.25, -0.2) is 4.98 Å². The Morgan fingerprint density at radius 1 is 1.33 bits per heavy atom. The van der Waals surface area contributed by atoms with Crippen LogP contribution in [-0.2, 0) is 11.2 Å². The Kier molecular flexibility index (Phi) is 5.29. The summed E-state index contributed by atoms with van der Waals surface area (Å²) < 4.78 is 10.5. The molecule has 2 saturated heterocycles. The van der Waals surface area contributed by atoms with Crippen LogP contribution in [0.4, 0.5) is 5.13 Å². The molecule has 150 valence electrons. The predicted octanol–water partition coefficient (Wildman–Crippen LogP) is 2.00. The first kappa shape index (κ1) is 18.9. The van der Waals surface area contributed by atoms with Crippen LogP contribution in [0.5, 0.6) is 0 Å². The summed E-state index contributed by atoms with van der Waals surface area (Å²) in [6.45, 7) is 11.5. The number of rotatable bonds is 3. The minimum Gasteiger partial charge on any atom is -0.377 e. The van der Waals surface area contributed by atoms with E-state index in [0.29, 0.717) is 18.1 Å². The van der Waals surface area contributed by atoms with E-state index in [9.17, 15) is 0 Å². The fraction of sp³-hybridized carbons (Fsp3) is 0.842. The summed E-state index contributed by atoms with van der Waals surface area (Å²) in [6, 6.07) is 0.440. The SMILES string of the molecule is CCc1nsc(N2CCN(C(=NC)NC3C4CCCOC4C3(C)C)CC2)n1. The molecule has 3 atom stereocenters. The lowest BCUT2D eigenvalue weighted by Crippen LogP contribution is -2.71. The molecule has 4 rings (SSSR count). The van der Waals surface area contributed by atoms with Crippen LogP contribution >= 0.6 is 11.5 Å².